The number of nitrogens with two attached hydrogens (primary N) is 2. The number of halogens is 3. The van der Waals surface area contributed by atoms with Gasteiger partial charge < -0.3 is 21.1 Å². The van der Waals surface area contributed by atoms with E-state index >= 15 is 0 Å². The second-order valence-electron chi connectivity index (χ2n) is 11.7. The van der Waals surface area contributed by atoms with Crippen molar-refractivity contribution in [2.24, 2.45) is 17.4 Å². The van der Waals surface area contributed by atoms with Gasteiger partial charge in [-0.25, -0.2) is 8.78 Å². The van der Waals surface area contributed by atoms with Crippen LogP contribution in [0.2, 0.25) is 5.02 Å². The molecule has 254 valence electrons. The lowest BCUT2D eigenvalue weighted by Crippen LogP contribution is -2.44. The molecular formula is C37H46ClF2N3O4. The molecule has 0 radical (unpaired) electrons. The minimum atomic E-state index is -3.20. The SMILES string of the molecule is CC.NC(=O)C(=O)c1ccc(OCC2CCCCC2)cc1.NC1CCN(C(=O)CC(F)(F)c2ccc(-c3ccc(Cl)cc3)cc2)CC1. The van der Waals surface area contributed by atoms with Crippen LogP contribution in [0.5, 0.6) is 5.75 Å². The Labute approximate surface area is 281 Å². The summed E-state index contributed by atoms with van der Waals surface area (Å²) < 4.78 is 34.8. The highest BCUT2D eigenvalue weighted by molar-refractivity contribution is 6.42. The van der Waals surface area contributed by atoms with Crippen molar-refractivity contribution in [1.29, 1.82) is 0 Å². The Morgan fingerprint density at radius 1 is 0.830 bits per heavy atom. The monoisotopic (exact) mass is 669 g/mol. The molecule has 0 spiro atoms. The maximum Gasteiger partial charge on any atom is 0.289 e. The van der Waals surface area contributed by atoms with Gasteiger partial charge in [-0.3, -0.25) is 14.4 Å². The first-order valence-corrected chi connectivity index (χ1v) is 16.7. The maximum absolute atomic E-state index is 14.5. The lowest BCUT2D eigenvalue weighted by Gasteiger charge is -2.31. The molecule has 3 aromatic rings. The van der Waals surface area contributed by atoms with Crippen molar-refractivity contribution in [3.05, 3.63) is 88.9 Å². The standard InChI is InChI=1S/C20H21ClF2N2O.C15H19NO3.C2H6/c21-17-7-3-15(4-8-17)14-1-5-16(6-2-14)20(22,23)13-19(26)25-11-9-18(24)10-12-25;16-15(18)14(17)12-6-8-13(9-7-12)19-10-11-4-2-1-3-5-11;1-2/h1-8,18H,9-13,24H2;6-9,11H,1-5,10H2,(H2,16,18);1-2H3. The number of ether oxygens (including phenoxy) is 1. The molecule has 2 amide bonds. The minimum absolute atomic E-state index is 0.0555. The van der Waals surface area contributed by atoms with Crippen LogP contribution < -0.4 is 16.2 Å². The summed E-state index contributed by atoms with van der Waals surface area (Å²) in [6.45, 7) is 5.63. The number of carbonyl (C=O) groups is 3. The zero-order chi connectivity index (χ0) is 34.4. The fourth-order valence-corrected chi connectivity index (χ4v) is 5.64. The quantitative estimate of drug-likeness (QED) is 0.178. The molecule has 0 unspecified atom stereocenters. The molecule has 2 aliphatic rings. The number of ketones is 1. The molecule has 0 atom stereocenters. The third-order valence-electron chi connectivity index (χ3n) is 8.30. The van der Waals surface area contributed by atoms with Crippen LogP contribution in [0.3, 0.4) is 0 Å². The van der Waals surface area contributed by atoms with E-state index in [0.29, 0.717) is 42.4 Å². The van der Waals surface area contributed by atoms with E-state index < -0.39 is 29.9 Å². The van der Waals surface area contributed by atoms with Crippen molar-refractivity contribution in [3.63, 3.8) is 0 Å². The smallest absolute Gasteiger partial charge is 0.289 e. The summed E-state index contributed by atoms with van der Waals surface area (Å²) in [5.74, 6) is -3.96. The van der Waals surface area contributed by atoms with Gasteiger partial charge in [0, 0.05) is 35.3 Å². The van der Waals surface area contributed by atoms with Gasteiger partial charge in [0.2, 0.25) is 11.7 Å². The molecular weight excluding hydrogens is 624 g/mol. The Kier molecular flexibility index (Phi) is 14.8. The zero-order valence-corrected chi connectivity index (χ0v) is 28.0. The molecule has 1 saturated heterocycles. The summed E-state index contributed by atoms with van der Waals surface area (Å²) in [6.07, 6.45) is 6.89. The summed E-state index contributed by atoms with van der Waals surface area (Å²) in [4.78, 5) is 35.8. The van der Waals surface area contributed by atoms with Crippen molar-refractivity contribution >= 4 is 29.2 Å². The number of hydrogen-bond acceptors (Lipinski definition) is 5. The average molecular weight is 670 g/mol. The van der Waals surface area contributed by atoms with Crippen molar-refractivity contribution < 1.29 is 27.9 Å². The molecule has 5 rings (SSSR count). The van der Waals surface area contributed by atoms with E-state index in [-0.39, 0.29) is 11.6 Å². The predicted molar refractivity (Wildman–Crippen MR) is 183 cm³/mol. The predicted octanol–water partition coefficient (Wildman–Crippen LogP) is 7.78. The van der Waals surface area contributed by atoms with Crippen LogP contribution >= 0.6 is 11.6 Å². The highest BCUT2D eigenvalue weighted by Crippen LogP contribution is 2.34. The van der Waals surface area contributed by atoms with Gasteiger partial charge in [0.25, 0.3) is 11.8 Å². The number of Topliss-reactive ketones (excluding diaryl/α,β-unsaturated/α-hetero) is 1. The van der Waals surface area contributed by atoms with Crippen molar-refractivity contribution in [2.45, 2.75) is 77.2 Å². The number of piperidine rings is 1. The molecule has 10 heteroatoms. The number of likely N-dealkylation sites (tertiary alicyclic amines) is 1. The van der Waals surface area contributed by atoms with Gasteiger partial charge in [0.15, 0.2) is 0 Å². The van der Waals surface area contributed by atoms with Crippen LogP contribution in [0.25, 0.3) is 11.1 Å². The van der Waals surface area contributed by atoms with E-state index in [1.165, 1.54) is 49.1 Å². The summed E-state index contributed by atoms with van der Waals surface area (Å²) in [5.41, 5.74) is 12.6. The van der Waals surface area contributed by atoms with Crippen LogP contribution in [0.1, 0.15) is 81.1 Å². The Hall–Kier alpha value is -3.82. The van der Waals surface area contributed by atoms with E-state index in [2.05, 4.69) is 0 Å². The van der Waals surface area contributed by atoms with E-state index in [1.54, 1.807) is 48.5 Å². The number of amides is 2. The van der Waals surface area contributed by atoms with E-state index in [0.717, 1.165) is 23.5 Å². The molecule has 0 aromatic heterocycles. The molecule has 1 aliphatic heterocycles. The fraction of sp³-hybridized carbons (Fsp3) is 0.432. The van der Waals surface area contributed by atoms with Gasteiger partial charge in [-0.05, 0) is 79.1 Å². The Balaban J connectivity index is 0.000000254. The second kappa shape index (κ2) is 18.5. The van der Waals surface area contributed by atoms with Crippen molar-refractivity contribution in [2.75, 3.05) is 19.7 Å². The molecule has 4 N–H and O–H groups in total. The van der Waals surface area contributed by atoms with Crippen molar-refractivity contribution in [3.8, 4) is 16.9 Å². The van der Waals surface area contributed by atoms with E-state index in [4.69, 9.17) is 27.8 Å². The number of alkyl halides is 2. The summed E-state index contributed by atoms with van der Waals surface area (Å²) in [7, 11) is 0. The first-order valence-electron chi connectivity index (χ1n) is 16.4. The first-order chi connectivity index (χ1) is 22.5. The third kappa shape index (κ3) is 11.7. The Bertz CT molecular complexity index is 1420. The lowest BCUT2D eigenvalue weighted by atomic mass is 9.90. The topological polar surface area (TPSA) is 116 Å². The summed E-state index contributed by atoms with van der Waals surface area (Å²) in [6, 6.07) is 19.8. The molecule has 1 aliphatic carbocycles. The average Bonchev–Trinajstić information content (AvgIpc) is 3.09. The lowest BCUT2D eigenvalue weighted by molar-refractivity contribution is -0.140. The van der Waals surface area contributed by atoms with Gasteiger partial charge >= 0.3 is 0 Å². The molecule has 7 nitrogen and oxygen atoms in total. The summed E-state index contributed by atoms with van der Waals surface area (Å²) >= 11 is 5.86. The number of rotatable bonds is 9. The second-order valence-corrected chi connectivity index (χ2v) is 12.2. The molecule has 47 heavy (non-hydrogen) atoms. The Morgan fingerprint density at radius 3 is 1.89 bits per heavy atom. The Morgan fingerprint density at radius 2 is 1.36 bits per heavy atom. The molecule has 1 heterocycles. The number of primary amides is 1. The van der Waals surface area contributed by atoms with Crippen LogP contribution in [0.4, 0.5) is 8.78 Å². The summed E-state index contributed by atoms with van der Waals surface area (Å²) in [5, 5.41) is 0.620. The van der Waals surface area contributed by atoms with Gasteiger partial charge in [-0.15, -0.1) is 0 Å². The van der Waals surface area contributed by atoms with Crippen LogP contribution in [-0.4, -0.2) is 48.2 Å². The normalized spacial score (nSPS) is 15.4. The highest BCUT2D eigenvalue weighted by Gasteiger charge is 2.36. The zero-order valence-electron chi connectivity index (χ0n) is 27.2. The number of hydrogen-bond donors (Lipinski definition) is 2. The largest absolute Gasteiger partial charge is 0.493 e. The molecule has 2 fully saturated rings. The first kappa shape index (κ1) is 37.6. The number of benzene rings is 3. The van der Waals surface area contributed by atoms with Gasteiger partial charge in [-0.2, -0.15) is 0 Å². The molecule has 3 aromatic carbocycles. The fourth-order valence-electron chi connectivity index (χ4n) is 5.51. The van der Waals surface area contributed by atoms with Crippen LogP contribution in [-0.2, 0) is 15.5 Å². The molecule has 1 saturated carbocycles. The maximum atomic E-state index is 14.5. The van der Waals surface area contributed by atoms with Gasteiger partial charge in [0.1, 0.15) is 5.75 Å². The van der Waals surface area contributed by atoms with Gasteiger partial charge in [0.05, 0.1) is 13.0 Å². The van der Waals surface area contributed by atoms with Gasteiger partial charge in [-0.1, -0.05) is 81.1 Å². The van der Waals surface area contributed by atoms with E-state index in [1.807, 2.05) is 26.0 Å². The van der Waals surface area contributed by atoms with Crippen LogP contribution in [0, 0.1) is 5.92 Å². The van der Waals surface area contributed by atoms with Crippen molar-refractivity contribution in [1.82, 2.24) is 4.90 Å². The van der Waals surface area contributed by atoms with Crippen LogP contribution in [0.15, 0.2) is 72.8 Å². The third-order valence-corrected chi connectivity index (χ3v) is 8.55. The molecule has 0 bridgehead atoms. The number of carbonyl (C=O) groups excluding carboxylic acids is 3. The number of nitrogens with zero attached hydrogens (tertiary/aromatic N) is 1. The minimum Gasteiger partial charge on any atom is -0.493 e. The highest BCUT2D eigenvalue weighted by atomic mass is 35.5. The van der Waals surface area contributed by atoms with E-state index in [9.17, 15) is 23.2 Å².